The van der Waals surface area contributed by atoms with Crippen LogP contribution in [0, 0.1) is 0 Å². The number of nitrogens with zero attached hydrogens (tertiary/aromatic N) is 4. The van der Waals surface area contributed by atoms with Crippen LogP contribution in [0.4, 0.5) is 26.3 Å². The van der Waals surface area contributed by atoms with Gasteiger partial charge in [0.1, 0.15) is 0 Å². The maximum absolute atomic E-state index is 13.2. The average molecular weight is 340 g/mol. The molecule has 1 aliphatic rings. The molecule has 0 fully saturated rings. The van der Waals surface area contributed by atoms with Crippen LogP contribution in [0.25, 0.3) is 0 Å². The molecular weight excluding hydrogens is 330 g/mol. The first kappa shape index (κ1) is 17.0. The smallest absolute Gasteiger partial charge is 0.406 e. The lowest BCUT2D eigenvalue weighted by atomic mass is 10.1. The highest BCUT2D eigenvalue weighted by atomic mass is 19.4. The third-order valence-electron chi connectivity index (χ3n) is 2.79. The van der Waals surface area contributed by atoms with E-state index in [0.717, 1.165) is 11.1 Å². The molecule has 0 atom stereocenters. The fourth-order valence-electron chi connectivity index (χ4n) is 1.66. The van der Waals surface area contributed by atoms with E-state index < -0.39 is 29.9 Å². The first-order chi connectivity index (χ1) is 10.5. The maximum Gasteiger partial charge on any atom is 0.443 e. The minimum atomic E-state index is -5.80. The zero-order valence-electron chi connectivity index (χ0n) is 11.8. The molecule has 11 heteroatoms. The van der Waals surface area contributed by atoms with Crippen molar-refractivity contribution in [2.45, 2.75) is 18.0 Å². The van der Waals surface area contributed by atoms with Crippen LogP contribution in [-0.2, 0) is 4.74 Å². The Morgan fingerprint density at radius 1 is 1.04 bits per heavy atom. The van der Waals surface area contributed by atoms with Crippen LogP contribution in [0.3, 0.4) is 0 Å². The summed E-state index contributed by atoms with van der Waals surface area (Å²) in [7, 11) is 2.39. The Morgan fingerprint density at radius 3 is 2.09 bits per heavy atom. The summed E-state index contributed by atoms with van der Waals surface area (Å²) in [6.45, 7) is 0. The van der Waals surface area contributed by atoms with Gasteiger partial charge in [-0.15, -0.1) is 0 Å². The molecule has 2 heterocycles. The molecule has 1 aromatic heterocycles. The molecule has 0 aliphatic carbocycles. The van der Waals surface area contributed by atoms with Gasteiger partial charge in [-0.3, -0.25) is 4.98 Å². The van der Waals surface area contributed by atoms with E-state index in [0.29, 0.717) is 0 Å². The molecule has 0 unspecified atom stereocenters. The molecule has 0 spiro atoms. The molecule has 126 valence electrons. The summed E-state index contributed by atoms with van der Waals surface area (Å²) in [5.74, 6) is -0.869. The number of pyridine rings is 1. The number of hydrogen-bond acceptors (Lipinski definition) is 5. The van der Waals surface area contributed by atoms with E-state index in [2.05, 4.69) is 15.0 Å². The van der Waals surface area contributed by atoms with Crippen molar-refractivity contribution in [2.75, 3.05) is 14.1 Å². The highest BCUT2D eigenvalue weighted by Crippen LogP contribution is 2.48. The predicted octanol–water partition coefficient (Wildman–Crippen LogP) is 2.60. The number of aliphatic imine (C=N–C) groups is 2. The lowest BCUT2D eigenvalue weighted by Crippen LogP contribution is -2.57. The van der Waals surface area contributed by atoms with Gasteiger partial charge < -0.3 is 9.64 Å². The number of aromatic nitrogens is 1. The third kappa shape index (κ3) is 2.94. The third-order valence-corrected chi connectivity index (χ3v) is 2.79. The van der Waals surface area contributed by atoms with Gasteiger partial charge in [0.05, 0.1) is 5.56 Å². The monoisotopic (exact) mass is 340 g/mol. The molecule has 0 aromatic carbocycles. The summed E-state index contributed by atoms with van der Waals surface area (Å²) in [5.41, 5.74) is -4.78. The minimum Gasteiger partial charge on any atom is -0.406 e. The van der Waals surface area contributed by atoms with Crippen molar-refractivity contribution in [3.05, 3.63) is 30.1 Å². The number of rotatable bonds is 1. The molecule has 0 bridgehead atoms. The highest BCUT2D eigenvalue weighted by molar-refractivity contribution is 6.02. The van der Waals surface area contributed by atoms with Gasteiger partial charge >= 0.3 is 18.0 Å². The molecule has 5 nitrogen and oxygen atoms in total. The summed E-state index contributed by atoms with van der Waals surface area (Å²) < 4.78 is 84.1. The van der Waals surface area contributed by atoms with Gasteiger partial charge in [-0.2, -0.15) is 31.3 Å². The average Bonchev–Trinajstić information content (AvgIpc) is 2.45. The minimum absolute atomic E-state index is 0.139. The van der Waals surface area contributed by atoms with Crippen molar-refractivity contribution in [1.29, 1.82) is 0 Å². The summed E-state index contributed by atoms with van der Waals surface area (Å²) in [6, 6.07) is 1.68. The van der Waals surface area contributed by atoms with Crippen molar-refractivity contribution in [3.8, 4) is 0 Å². The Bertz CT molecular complexity index is 621. The van der Waals surface area contributed by atoms with Gasteiger partial charge in [0.25, 0.3) is 6.02 Å². The zero-order valence-corrected chi connectivity index (χ0v) is 11.8. The van der Waals surface area contributed by atoms with Crippen LogP contribution in [0.2, 0.25) is 0 Å². The molecule has 0 saturated carbocycles. The summed E-state index contributed by atoms with van der Waals surface area (Å²) in [5, 5.41) is 0. The lowest BCUT2D eigenvalue weighted by molar-refractivity contribution is -0.293. The number of ether oxygens (including phenoxy) is 1. The fraction of sp³-hybridized carbons (Fsp3) is 0.417. The standard InChI is InChI=1S/C12H10F6N4O/c1-22(2)9-21-10(11(13,14)15,12(16,17)18)20-8(23-9)7-4-3-5-19-6-7/h3-6H,1-2H3. The Labute approximate surface area is 126 Å². The van der Waals surface area contributed by atoms with Crippen LogP contribution in [0.1, 0.15) is 5.56 Å². The Hall–Kier alpha value is -2.33. The Balaban J connectivity index is 2.70. The molecule has 0 amide bonds. The number of hydrogen-bond donors (Lipinski definition) is 0. The topological polar surface area (TPSA) is 50.1 Å². The van der Waals surface area contributed by atoms with Crippen molar-refractivity contribution in [1.82, 2.24) is 9.88 Å². The van der Waals surface area contributed by atoms with Crippen LogP contribution in [0.5, 0.6) is 0 Å². The van der Waals surface area contributed by atoms with Crippen LogP contribution >= 0.6 is 0 Å². The predicted molar refractivity (Wildman–Crippen MR) is 67.8 cm³/mol. The first-order valence-corrected chi connectivity index (χ1v) is 6.07. The van der Waals surface area contributed by atoms with Gasteiger partial charge in [-0.05, 0) is 12.1 Å². The maximum atomic E-state index is 13.2. The van der Waals surface area contributed by atoms with Gasteiger partial charge in [-0.25, -0.2) is 4.99 Å². The van der Waals surface area contributed by atoms with Crippen molar-refractivity contribution in [3.63, 3.8) is 0 Å². The summed E-state index contributed by atoms with van der Waals surface area (Å²) >= 11 is 0. The van der Waals surface area contributed by atoms with E-state index in [1.54, 1.807) is 0 Å². The molecule has 2 rings (SSSR count). The van der Waals surface area contributed by atoms with E-state index in [1.807, 2.05) is 0 Å². The van der Waals surface area contributed by atoms with E-state index in [4.69, 9.17) is 4.74 Å². The first-order valence-electron chi connectivity index (χ1n) is 6.07. The summed E-state index contributed by atoms with van der Waals surface area (Å²) in [6.07, 6.45) is -9.27. The molecular formula is C12H10F6N4O. The van der Waals surface area contributed by atoms with Gasteiger partial charge in [0.15, 0.2) is 0 Å². The van der Waals surface area contributed by atoms with Crippen LogP contribution in [0.15, 0.2) is 34.5 Å². The number of amidine groups is 1. The summed E-state index contributed by atoms with van der Waals surface area (Å²) in [4.78, 5) is 9.95. The largest absolute Gasteiger partial charge is 0.443 e. The van der Waals surface area contributed by atoms with E-state index >= 15 is 0 Å². The second kappa shape index (κ2) is 5.39. The number of alkyl halides is 6. The van der Waals surface area contributed by atoms with Crippen molar-refractivity contribution >= 4 is 11.9 Å². The van der Waals surface area contributed by atoms with Gasteiger partial charge in [0, 0.05) is 26.5 Å². The lowest BCUT2D eigenvalue weighted by Gasteiger charge is -2.34. The van der Waals surface area contributed by atoms with E-state index in [-0.39, 0.29) is 5.56 Å². The molecule has 23 heavy (non-hydrogen) atoms. The van der Waals surface area contributed by atoms with Gasteiger partial charge in [0.2, 0.25) is 5.90 Å². The molecule has 0 radical (unpaired) electrons. The van der Waals surface area contributed by atoms with Crippen molar-refractivity contribution in [2.24, 2.45) is 9.98 Å². The van der Waals surface area contributed by atoms with Gasteiger partial charge in [-0.1, -0.05) is 0 Å². The van der Waals surface area contributed by atoms with Crippen LogP contribution in [-0.4, -0.2) is 53.9 Å². The normalized spacial score (nSPS) is 17.9. The van der Waals surface area contributed by atoms with Crippen LogP contribution < -0.4 is 0 Å². The SMILES string of the molecule is CN(C)C1=NC(C(F)(F)F)(C(F)(F)F)N=C(c2cccnc2)O1. The second-order valence-electron chi connectivity index (χ2n) is 4.72. The van der Waals surface area contributed by atoms with Crippen molar-refractivity contribution < 1.29 is 31.1 Å². The quantitative estimate of drug-likeness (QED) is 0.739. The molecule has 0 N–H and O–H groups in total. The zero-order chi connectivity index (χ0) is 17.5. The highest BCUT2D eigenvalue weighted by Gasteiger charge is 2.74. The van der Waals surface area contributed by atoms with E-state index in [1.165, 1.54) is 32.4 Å². The second-order valence-corrected chi connectivity index (χ2v) is 4.72. The molecule has 0 saturated heterocycles. The molecule has 1 aliphatic heterocycles. The Kier molecular flexibility index (Phi) is 3.99. The van der Waals surface area contributed by atoms with E-state index in [9.17, 15) is 26.3 Å². The molecule has 1 aromatic rings. The Morgan fingerprint density at radius 2 is 1.65 bits per heavy atom. The fourth-order valence-corrected chi connectivity index (χ4v) is 1.66. The number of halogens is 6.